The zero-order valence-electron chi connectivity index (χ0n) is 11.0. The van der Waals surface area contributed by atoms with Crippen LogP contribution in [-0.2, 0) is 6.42 Å². The third-order valence-electron chi connectivity index (χ3n) is 3.17. The molecule has 0 aromatic heterocycles. The molecule has 0 aliphatic rings. The second kappa shape index (κ2) is 6.20. The van der Waals surface area contributed by atoms with Gasteiger partial charge in [-0.3, -0.25) is 0 Å². The van der Waals surface area contributed by atoms with Gasteiger partial charge >= 0.3 is 0 Å². The number of halogens is 2. The van der Waals surface area contributed by atoms with Gasteiger partial charge in [-0.1, -0.05) is 53.2 Å². The van der Waals surface area contributed by atoms with Crippen LogP contribution in [0.15, 0.2) is 42.5 Å². The van der Waals surface area contributed by atoms with Gasteiger partial charge in [-0.05, 0) is 29.7 Å². The van der Waals surface area contributed by atoms with Crippen molar-refractivity contribution in [2.75, 3.05) is 7.11 Å². The van der Waals surface area contributed by atoms with Gasteiger partial charge in [-0.2, -0.15) is 0 Å². The highest BCUT2D eigenvalue weighted by Gasteiger charge is 2.19. The summed E-state index contributed by atoms with van der Waals surface area (Å²) >= 11 is 3.56. The van der Waals surface area contributed by atoms with Gasteiger partial charge in [0.2, 0.25) is 0 Å². The first-order chi connectivity index (χ1) is 9.17. The van der Waals surface area contributed by atoms with E-state index in [9.17, 15) is 4.39 Å². The van der Waals surface area contributed by atoms with Crippen LogP contribution in [0, 0.1) is 5.82 Å². The normalized spacial score (nSPS) is 12.2. The molecule has 0 radical (unpaired) electrons. The zero-order chi connectivity index (χ0) is 13.8. The van der Waals surface area contributed by atoms with E-state index in [0.29, 0.717) is 11.3 Å². The van der Waals surface area contributed by atoms with Crippen molar-refractivity contribution in [1.82, 2.24) is 0 Å². The van der Waals surface area contributed by atoms with E-state index in [-0.39, 0.29) is 10.6 Å². The Bertz CT molecular complexity index is 551. The zero-order valence-corrected chi connectivity index (χ0v) is 12.6. The fourth-order valence-corrected chi connectivity index (χ4v) is 2.78. The quantitative estimate of drug-likeness (QED) is 0.729. The Morgan fingerprint density at radius 1 is 1.16 bits per heavy atom. The molecule has 3 heteroatoms. The molecule has 0 aliphatic carbocycles. The minimum Gasteiger partial charge on any atom is -0.496 e. The van der Waals surface area contributed by atoms with Crippen LogP contribution < -0.4 is 4.74 Å². The van der Waals surface area contributed by atoms with Gasteiger partial charge in [0, 0.05) is 5.56 Å². The highest BCUT2D eigenvalue weighted by molar-refractivity contribution is 9.09. The Balaban J connectivity index is 2.40. The number of hydrogen-bond donors (Lipinski definition) is 0. The summed E-state index contributed by atoms with van der Waals surface area (Å²) < 4.78 is 19.3. The molecule has 2 rings (SSSR count). The van der Waals surface area contributed by atoms with E-state index in [1.807, 2.05) is 12.1 Å². The Morgan fingerprint density at radius 3 is 2.42 bits per heavy atom. The highest BCUT2D eigenvalue weighted by atomic mass is 79.9. The molecule has 19 heavy (non-hydrogen) atoms. The Kier molecular flexibility index (Phi) is 4.59. The van der Waals surface area contributed by atoms with Crippen LogP contribution in [0.3, 0.4) is 0 Å². The first-order valence-corrected chi connectivity index (χ1v) is 7.14. The Labute approximate surface area is 121 Å². The smallest absolute Gasteiger partial charge is 0.131 e. The molecule has 0 saturated carbocycles. The maximum atomic E-state index is 14.0. The van der Waals surface area contributed by atoms with Crippen molar-refractivity contribution in [1.29, 1.82) is 0 Å². The van der Waals surface area contributed by atoms with E-state index >= 15 is 0 Å². The summed E-state index contributed by atoms with van der Waals surface area (Å²) in [7, 11) is 1.55. The van der Waals surface area contributed by atoms with Gasteiger partial charge < -0.3 is 4.74 Å². The molecule has 0 saturated heterocycles. The van der Waals surface area contributed by atoms with E-state index in [1.54, 1.807) is 19.2 Å². The number of ether oxygens (including phenoxy) is 1. The van der Waals surface area contributed by atoms with Crippen molar-refractivity contribution in [3.05, 3.63) is 65.0 Å². The highest BCUT2D eigenvalue weighted by Crippen LogP contribution is 2.38. The first kappa shape index (κ1) is 14.1. The summed E-state index contributed by atoms with van der Waals surface area (Å²) in [6.07, 6.45) is 0.996. The van der Waals surface area contributed by atoms with Crippen LogP contribution in [0.1, 0.15) is 28.4 Å². The van der Waals surface area contributed by atoms with Gasteiger partial charge in [0.1, 0.15) is 11.6 Å². The summed E-state index contributed by atoms with van der Waals surface area (Å²) in [6, 6.07) is 13.0. The molecule has 2 aromatic carbocycles. The second-order valence-corrected chi connectivity index (χ2v) is 5.23. The fraction of sp³-hybridized carbons (Fsp3) is 0.250. The molecular weight excluding hydrogens is 307 g/mol. The number of aryl methyl sites for hydroxylation is 1. The molecule has 0 N–H and O–H groups in total. The maximum Gasteiger partial charge on any atom is 0.131 e. The lowest BCUT2D eigenvalue weighted by molar-refractivity contribution is 0.405. The number of benzene rings is 2. The molecule has 0 spiro atoms. The SMILES string of the molecule is CCc1ccc(C(Br)c2c(F)cccc2OC)cc1. The molecule has 1 atom stereocenters. The van der Waals surface area contributed by atoms with Gasteiger partial charge in [0.05, 0.1) is 11.9 Å². The number of alkyl halides is 1. The fourth-order valence-electron chi connectivity index (χ4n) is 2.03. The van der Waals surface area contributed by atoms with Gasteiger partial charge in [-0.25, -0.2) is 4.39 Å². The van der Waals surface area contributed by atoms with Crippen molar-refractivity contribution in [3.63, 3.8) is 0 Å². The van der Waals surface area contributed by atoms with Crippen molar-refractivity contribution in [3.8, 4) is 5.75 Å². The van der Waals surface area contributed by atoms with E-state index in [2.05, 4.69) is 35.0 Å². The summed E-state index contributed by atoms with van der Waals surface area (Å²) in [5, 5.41) is 0. The average molecular weight is 323 g/mol. The van der Waals surface area contributed by atoms with Crippen LogP contribution >= 0.6 is 15.9 Å². The summed E-state index contributed by atoms with van der Waals surface area (Å²) in [5.41, 5.74) is 2.82. The van der Waals surface area contributed by atoms with Crippen molar-refractivity contribution >= 4 is 15.9 Å². The second-order valence-electron chi connectivity index (χ2n) is 4.31. The minimum atomic E-state index is -0.263. The van der Waals surface area contributed by atoms with Crippen molar-refractivity contribution in [2.45, 2.75) is 18.2 Å². The predicted molar refractivity (Wildman–Crippen MR) is 79.5 cm³/mol. The number of hydrogen-bond acceptors (Lipinski definition) is 1. The standard InChI is InChI=1S/C16H16BrFO/c1-3-11-7-9-12(10-8-11)16(17)15-13(18)5-4-6-14(15)19-2/h4-10,16H,3H2,1-2H3. The molecule has 0 aliphatic heterocycles. The number of methoxy groups -OCH3 is 1. The van der Waals surface area contributed by atoms with Gasteiger partial charge in [0.15, 0.2) is 0 Å². The average Bonchev–Trinajstić information content (AvgIpc) is 2.46. The maximum absolute atomic E-state index is 14.0. The van der Waals surface area contributed by atoms with E-state index < -0.39 is 0 Å². The lowest BCUT2D eigenvalue weighted by Crippen LogP contribution is -2.00. The Hall–Kier alpha value is -1.35. The molecule has 0 fully saturated rings. The van der Waals surface area contributed by atoms with E-state index in [0.717, 1.165) is 12.0 Å². The monoisotopic (exact) mass is 322 g/mol. The molecule has 2 aromatic rings. The minimum absolute atomic E-state index is 0.213. The molecular formula is C16H16BrFO. The van der Waals surface area contributed by atoms with Crippen LogP contribution in [0.5, 0.6) is 5.75 Å². The summed E-state index contributed by atoms with van der Waals surface area (Å²) in [6.45, 7) is 2.11. The molecule has 0 heterocycles. The molecule has 100 valence electrons. The lowest BCUT2D eigenvalue weighted by Gasteiger charge is -2.15. The largest absolute Gasteiger partial charge is 0.496 e. The van der Waals surface area contributed by atoms with E-state index in [1.165, 1.54) is 11.6 Å². The van der Waals surface area contributed by atoms with Gasteiger partial charge in [-0.15, -0.1) is 0 Å². The number of rotatable bonds is 4. The third kappa shape index (κ3) is 2.98. The van der Waals surface area contributed by atoms with E-state index in [4.69, 9.17) is 4.74 Å². The predicted octanol–water partition coefficient (Wildman–Crippen LogP) is 4.88. The van der Waals surface area contributed by atoms with Crippen LogP contribution in [-0.4, -0.2) is 7.11 Å². The van der Waals surface area contributed by atoms with Gasteiger partial charge in [0.25, 0.3) is 0 Å². The van der Waals surface area contributed by atoms with Crippen LogP contribution in [0.4, 0.5) is 4.39 Å². The lowest BCUT2D eigenvalue weighted by atomic mass is 10.0. The molecule has 0 bridgehead atoms. The topological polar surface area (TPSA) is 9.23 Å². The van der Waals surface area contributed by atoms with Crippen LogP contribution in [0.25, 0.3) is 0 Å². The summed E-state index contributed by atoms with van der Waals surface area (Å²) in [4.78, 5) is -0.213. The van der Waals surface area contributed by atoms with Crippen molar-refractivity contribution < 1.29 is 9.13 Å². The van der Waals surface area contributed by atoms with Crippen molar-refractivity contribution in [2.24, 2.45) is 0 Å². The molecule has 1 unspecified atom stereocenters. The molecule has 1 nitrogen and oxygen atoms in total. The summed E-state index contributed by atoms with van der Waals surface area (Å²) in [5.74, 6) is 0.294. The first-order valence-electron chi connectivity index (χ1n) is 6.22. The third-order valence-corrected chi connectivity index (χ3v) is 4.15. The molecule has 0 amide bonds. The van der Waals surface area contributed by atoms with Crippen LogP contribution in [0.2, 0.25) is 0 Å². The Morgan fingerprint density at radius 2 is 1.84 bits per heavy atom.